The molecule has 0 aliphatic carbocycles. The third kappa shape index (κ3) is 3.26. The molecule has 0 spiro atoms. The summed E-state index contributed by atoms with van der Waals surface area (Å²) in [6.45, 7) is 1.99. The number of aromatic hydroxyl groups is 1. The molecule has 0 amide bonds. The van der Waals surface area contributed by atoms with Crippen molar-refractivity contribution >= 4 is 18.1 Å². The molecule has 0 radical (unpaired) electrons. The lowest BCUT2D eigenvalue weighted by Crippen LogP contribution is -1.94. The maximum Gasteiger partial charge on any atom is 0.335 e. The van der Waals surface area contributed by atoms with Gasteiger partial charge in [0.05, 0.1) is 5.56 Å². The predicted molar refractivity (Wildman–Crippen MR) is 79.8 cm³/mol. The smallest absolute Gasteiger partial charge is 0.335 e. The molecule has 0 atom stereocenters. The molecule has 20 heavy (non-hydrogen) atoms. The number of carboxylic acids is 1. The molecule has 0 aliphatic rings. The number of phenols is 1. The standard InChI is InChI=1S/C17H16O3/c1-2-14-11-13(7-10-16(14)18)4-3-12-5-8-15(9-6-12)17(19)20/h3-11,18H,2H2,1H3,(H,19,20). The molecule has 2 aromatic carbocycles. The third-order valence-electron chi connectivity index (χ3n) is 3.11. The fourth-order valence-corrected chi connectivity index (χ4v) is 1.92. The van der Waals surface area contributed by atoms with Crippen LogP contribution in [0.15, 0.2) is 42.5 Å². The number of phenolic OH excluding ortho intramolecular Hbond substituents is 1. The Bertz CT molecular complexity index is 640. The van der Waals surface area contributed by atoms with Gasteiger partial charge in [0.25, 0.3) is 0 Å². The van der Waals surface area contributed by atoms with Crippen molar-refractivity contribution < 1.29 is 15.0 Å². The molecule has 0 aliphatic heterocycles. The van der Waals surface area contributed by atoms with Crippen molar-refractivity contribution in [3.05, 3.63) is 64.7 Å². The van der Waals surface area contributed by atoms with Crippen molar-refractivity contribution in [3.63, 3.8) is 0 Å². The monoisotopic (exact) mass is 268 g/mol. The second kappa shape index (κ2) is 6.06. The molecule has 2 rings (SSSR count). The van der Waals surface area contributed by atoms with Gasteiger partial charge in [-0.25, -0.2) is 4.79 Å². The van der Waals surface area contributed by atoms with E-state index in [2.05, 4.69) is 0 Å². The van der Waals surface area contributed by atoms with E-state index in [4.69, 9.17) is 5.11 Å². The van der Waals surface area contributed by atoms with Gasteiger partial charge in [0, 0.05) is 0 Å². The average molecular weight is 268 g/mol. The highest BCUT2D eigenvalue weighted by Gasteiger charge is 2.01. The molecule has 3 heteroatoms. The highest BCUT2D eigenvalue weighted by Crippen LogP contribution is 2.20. The van der Waals surface area contributed by atoms with Gasteiger partial charge in [-0.15, -0.1) is 0 Å². The van der Waals surface area contributed by atoms with Crippen LogP contribution in [0.4, 0.5) is 0 Å². The van der Waals surface area contributed by atoms with E-state index in [1.54, 1.807) is 30.3 Å². The first kappa shape index (κ1) is 13.9. The number of rotatable bonds is 4. The van der Waals surface area contributed by atoms with Crippen molar-refractivity contribution in [2.24, 2.45) is 0 Å². The summed E-state index contributed by atoms with van der Waals surface area (Å²) >= 11 is 0. The molecule has 2 N–H and O–H groups in total. The summed E-state index contributed by atoms with van der Waals surface area (Å²) in [7, 11) is 0. The first-order valence-corrected chi connectivity index (χ1v) is 6.43. The molecular formula is C17H16O3. The summed E-state index contributed by atoms with van der Waals surface area (Å²) in [6.07, 6.45) is 4.63. The Kier molecular flexibility index (Phi) is 4.20. The molecule has 0 heterocycles. The highest BCUT2D eigenvalue weighted by molar-refractivity contribution is 5.88. The van der Waals surface area contributed by atoms with Crippen LogP contribution in [0.2, 0.25) is 0 Å². The van der Waals surface area contributed by atoms with E-state index >= 15 is 0 Å². The minimum Gasteiger partial charge on any atom is -0.508 e. The van der Waals surface area contributed by atoms with Crippen LogP contribution in [0.5, 0.6) is 5.75 Å². The Morgan fingerprint density at radius 3 is 2.25 bits per heavy atom. The molecule has 102 valence electrons. The number of hydrogen-bond acceptors (Lipinski definition) is 2. The average Bonchev–Trinajstić information content (AvgIpc) is 2.46. The maximum absolute atomic E-state index is 10.8. The van der Waals surface area contributed by atoms with Gasteiger partial charge >= 0.3 is 5.97 Å². The Morgan fingerprint density at radius 2 is 1.65 bits per heavy atom. The normalized spacial score (nSPS) is 10.8. The SMILES string of the molecule is CCc1cc(C=Cc2ccc(C(=O)O)cc2)ccc1O. The van der Waals surface area contributed by atoms with Crippen LogP contribution in [-0.2, 0) is 6.42 Å². The summed E-state index contributed by atoms with van der Waals surface area (Å²) in [5, 5.41) is 18.4. The Balaban J connectivity index is 2.18. The summed E-state index contributed by atoms with van der Waals surface area (Å²) < 4.78 is 0. The van der Waals surface area contributed by atoms with Gasteiger partial charge in [-0.2, -0.15) is 0 Å². The number of carbonyl (C=O) groups is 1. The van der Waals surface area contributed by atoms with Crippen molar-refractivity contribution in [2.75, 3.05) is 0 Å². The molecule has 2 aromatic rings. The van der Waals surface area contributed by atoms with Crippen molar-refractivity contribution in [1.82, 2.24) is 0 Å². The lowest BCUT2D eigenvalue weighted by Gasteiger charge is -2.02. The molecule has 3 nitrogen and oxygen atoms in total. The predicted octanol–water partition coefficient (Wildman–Crippen LogP) is 3.82. The molecule has 0 saturated carbocycles. The molecule has 0 fully saturated rings. The zero-order valence-electron chi connectivity index (χ0n) is 11.2. The lowest BCUT2D eigenvalue weighted by atomic mass is 10.1. The number of hydrogen-bond donors (Lipinski definition) is 2. The van der Waals surface area contributed by atoms with Crippen molar-refractivity contribution in [2.45, 2.75) is 13.3 Å². The summed E-state index contributed by atoms with van der Waals surface area (Å²) in [5.74, 6) is -0.609. The number of benzene rings is 2. The Morgan fingerprint density at radius 1 is 1.05 bits per heavy atom. The summed E-state index contributed by atoms with van der Waals surface area (Å²) in [5.41, 5.74) is 3.12. The molecule has 0 bridgehead atoms. The Labute approximate surface area is 117 Å². The van der Waals surface area contributed by atoms with Gasteiger partial charge in [-0.3, -0.25) is 0 Å². The fraction of sp³-hybridized carbons (Fsp3) is 0.118. The molecule has 0 saturated heterocycles. The van der Waals surface area contributed by atoms with Crippen LogP contribution in [0.3, 0.4) is 0 Å². The zero-order valence-corrected chi connectivity index (χ0v) is 11.2. The second-order valence-corrected chi connectivity index (χ2v) is 4.50. The van der Waals surface area contributed by atoms with Crippen LogP contribution >= 0.6 is 0 Å². The van der Waals surface area contributed by atoms with Gasteiger partial charge in [0.1, 0.15) is 5.75 Å². The molecular weight excluding hydrogens is 252 g/mol. The summed E-state index contributed by atoms with van der Waals surface area (Å²) in [6, 6.07) is 12.2. The van der Waals surface area contributed by atoms with Crippen LogP contribution in [0.1, 0.15) is 34.0 Å². The van der Waals surface area contributed by atoms with E-state index in [1.165, 1.54) is 0 Å². The van der Waals surface area contributed by atoms with Crippen LogP contribution in [0, 0.1) is 0 Å². The quantitative estimate of drug-likeness (QED) is 0.829. The van der Waals surface area contributed by atoms with Crippen LogP contribution in [-0.4, -0.2) is 16.2 Å². The van der Waals surface area contributed by atoms with E-state index in [0.29, 0.717) is 5.75 Å². The van der Waals surface area contributed by atoms with Gasteiger partial charge in [-0.05, 0) is 47.4 Å². The Hall–Kier alpha value is -2.55. The fourth-order valence-electron chi connectivity index (χ4n) is 1.92. The topological polar surface area (TPSA) is 57.5 Å². The van der Waals surface area contributed by atoms with E-state index in [0.717, 1.165) is 23.1 Å². The zero-order chi connectivity index (χ0) is 14.5. The lowest BCUT2D eigenvalue weighted by molar-refractivity contribution is 0.0697. The first-order chi connectivity index (χ1) is 9.60. The number of carboxylic acid groups (broad SMARTS) is 1. The van der Waals surface area contributed by atoms with E-state index < -0.39 is 5.97 Å². The summed E-state index contributed by atoms with van der Waals surface area (Å²) in [4.78, 5) is 10.8. The minimum atomic E-state index is -0.924. The van der Waals surface area contributed by atoms with Gasteiger partial charge in [0.2, 0.25) is 0 Å². The van der Waals surface area contributed by atoms with E-state index in [-0.39, 0.29) is 5.56 Å². The van der Waals surface area contributed by atoms with Crippen molar-refractivity contribution in [3.8, 4) is 5.75 Å². The van der Waals surface area contributed by atoms with E-state index in [9.17, 15) is 9.90 Å². The number of aryl methyl sites for hydroxylation is 1. The largest absolute Gasteiger partial charge is 0.508 e. The van der Waals surface area contributed by atoms with Crippen LogP contribution < -0.4 is 0 Å². The van der Waals surface area contributed by atoms with Gasteiger partial charge in [-0.1, -0.05) is 37.3 Å². The van der Waals surface area contributed by atoms with Crippen molar-refractivity contribution in [1.29, 1.82) is 0 Å². The molecule has 0 unspecified atom stereocenters. The maximum atomic E-state index is 10.8. The first-order valence-electron chi connectivity index (χ1n) is 6.43. The molecule has 0 aromatic heterocycles. The minimum absolute atomic E-state index is 0.278. The van der Waals surface area contributed by atoms with Gasteiger partial charge < -0.3 is 10.2 Å². The van der Waals surface area contributed by atoms with Gasteiger partial charge in [0.15, 0.2) is 0 Å². The van der Waals surface area contributed by atoms with Crippen LogP contribution in [0.25, 0.3) is 12.2 Å². The highest BCUT2D eigenvalue weighted by atomic mass is 16.4. The second-order valence-electron chi connectivity index (χ2n) is 4.50. The number of aromatic carboxylic acids is 1. The van der Waals surface area contributed by atoms with E-state index in [1.807, 2.05) is 31.2 Å². The third-order valence-corrected chi connectivity index (χ3v) is 3.11.